The molecule has 0 spiro atoms. The van der Waals surface area contributed by atoms with Crippen molar-refractivity contribution in [1.82, 2.24) is 31.9 Å². The topological polar surface area (TPSA) is 72.2 Å². The highest BCUT2D eigenvalue weighted by Crippen LogP contribution is 2.23. The maximum Gasteiger partial charge on any atom is 0.167 e. The van der Waals surface area contributed by atoms with Gasteiger partial charge >= 0.3 is 0 Å². The van der Waals surface area contributed by atoms with E-state index in [1.54, 1.807) is 0 Å². The van der Waals surface area contributed by atoms with E-state index < -0.39 is 0 Å². The molecule has 0 bridgehead atoms. The lowest BCUT2D eigenvalue weighted by molar-refractivity contribution is 0.559. The van der Waals surface area contributed by atoms with E-state index in [2.05, 4.69) is 136 Å². The van der Waals surface area contributed by atoms with Crippen LogP contribution in [0.15, 0.2) is 134 Å². The smallest absolute Gasteiger partial charge is 0.167 e. The fraction of sp³-hybridized carbons (Fsp3) is 0.289. The van der Waals surface area contributed by atoms with Crippen molar-refractivity contribution in [2.45, 2.75) is 31.3 Å². The first-order valence-electron chi connectivity index (χ1n) is 16.1. The summed E-state index contributed by atoms with van der Waals surface area (Å²) in [6.45, 7) is 9.85. The Morgan fingerprint density at radius 2 is 0.800 bits per heavy atom. The van der Waals surface area contributed by atoms with E-state index in [9.17, 15) is 0 Å². The number of rotatable bonds is 20. The molecule has 0 saturated carbocycles. The summed E-state index contributed by atoms with van der Waals surface area (Å²) in [5.41, 5.74) is 4.82. The van der Waals surface area contributed by atoms with E-state index in [1.165, 1.54) is 22.3 Å². The predicted molar refractivity (Wildman–Crippen MR) is 193 cm³/mol. The van der Waals surface area contributed by atoms with Gasteiger partial charge < -0.3 is 31.9 Å². The normalized spacial score (nSPS) is 10.9. The molecule has 4 rings (SSSR count). The Morgan fingerprint density at radius 1 is 0.467 bits per heavy atom. The fourth-order valence-corrected chi connectivity index (χ4v) is 5.38. The highest BCUT2D eigenvalue weighted by atomic mass is 32.1. The zero-order valence-corrected chi connectivity index (χ0v) is 27.0. The van der Waals surface area contributed by atoms with Crippen LogP contribution in [-0.2, 0) is 0 Å². The Balaban J connectivity index is 1.00. The minimum atomic E-state index is 0.0240. The second kappa shape index (κ2) is 20.0. The van der Waals surface area contributed by atoms with Gasteiger partial charge in [-0.25, -0.2) is 0 Å². The number of nitrogens with one attached hydrogen (secondary N) is 6. The van der Waals surface area contributed by atoms with Crippen molar-refractivity contribution in [3.63, 3.8) is 0 Å². The van der Waals surface area contributed by atoms with Crippen LogP contribution in [0.3, 0.4) is 0 Å². The molecule has 0 aliphatic heterocycles. The quantitative estimate of drug-likeness (QED) is 0.0533. The number of thiocarbonyl (C=S) groups is 1. The monoisotopic (exact) mass is 620 g/mol. The Hall–Kier alpha value is -4.17. The molecule has 0 aliphatic rings. The lowest BCUT2D eigenvalue weighted by atomic mass is 9.99. The van der Waals surface area contributed by atoms with E-state index in [0.29, 0.717) is 5.11 Å². The van der Waals surface area contributed by atoms with Gasteiger partial charge in [-0.2, -0.15) is 0 Å². The predicted octanol–water partition coefficient (Wildman–Crippen LogP) is 6.03. The summed E-state index contributed by atoms with van der Waals surface area (Å²) in [5.74, 6) is 0.843. The summed E-state index contributed by atoms with van der Waals surface area (Å²) in [7, 11) is 0. The molecule has 0 radical (unpaired) electrons. The zero-order chi connectivity index (χ0) is 31.4. The second-order valence-corrected chi connectivity index (χ2v) is 11.4. The maximum absolute atomic E-state index is 5.62. The van der Waals surface area contributed by atoms with Crippen LogP contribution in [0.1, 0.15) is 53.6 Å². The Labute approximate surface area is 275 Å². The number of hydrogen-bond acceptors (Lipinski definition) is 5. The van der Waals surface area contributed by atoms with Gasteiger partial charge in [-0.15, -0.1) is 0 Å². The van der Waals surface area contributed by atoms with Gasteiger partial charge in [0.15, 0.2) is 5.11 Å². The first-order valence-corrected chi connectivity index (χ1v) is 16.5. The molecular formula is C38H48N6S. The minimum Gasteiger partial charge on any atom is -0.372 e. The Bertz CT molecular complexity index is 1180. The lowest BCUT2D eigenvalue weighted by Crippen LogP contribution is -2.39. The molecule has 0 fully saturated rings. The summed E-state index contributed by atoms with van der Waals surface area (Å²) in [4.78, 5) is 0. The molecule has 0 heterocycles. The van der Waals surface area contributed by atoms with Crippen molar-refractivity contribution in [1.29, 1.82) is 0 Å². The van der Waals surface area contributed by atoms with Crippen molar-refractivity contribution < 1.29 is 0 Å². The van der Waals surface area contributed by atoms with E-state index in [1.807, 2.05) is 24.3 Å². The van der Waals surface area contributed by atoms with Crippen molar-refractivity contribution in [3.05, 3.63) is 156 Å². The van der Waals surface area contributed by atoms with Crippen LogP contribution in [0, 0.1) is 0 Å². The average molecular weight is 621 g/mol. The third kappa shape index (κ3) is 12.4. The lowest BCUT2D eigenvalue weighted by Gasteiger charge is -2.23. The molecule has 6 N–H and O–H groups in total. The second-order valence-electron chi connectivity index (χ2n) is 11.0. The van der Waals surface area contributed by atoms with Crippen LogP contribution in [0.5, 0.6) is 0 Å². The molecule has 0 amide bonds. The van der Waals surface area contributed by atoms with Gasteiger partial charge in [-0.1, -0.05) is 128 Å². The van der Waals surface area contributed by atoms with Gasteiger partial charge in [0.25, 0.3) is 0 Å². The summed E-state index contributed by atoms with van der Waals surface area (Å²) < 4.78 is 0. The van der Waals surface area contributed by atoms with Crippen molar-refractivity contribution in [2.24, 2.45) is 0 Å². The Kier molecular flexibility index (Phi) is 15.0. The van der Waals surface area contributed by atoms with Crippen molar-refractivity contribution in [2.75, 3.05) is 39.3 Å². The first kappa shape index (κ1) is 33.7. The van der Waals surface area contributed by atoms with Gasteiger partial charge in [-0.3, -0.25) is 0 Å². The van der Waals surface area contributed by atoms with Crippen molar-refractivity contribution in [3.8, 4) is 0 Å². The molecule has 4 aromatic carbocycles. The van der Waals surface area contributed by atoms with Crippen LogP contribution >= 0.6 is 12.2 Å². The first-order chi connectivity index (χ1) is 22.2. The van der Waals surface area contributed by atoms with Crippen LogP contribution in [-0.4, -0.2) is 44.4 Å². The SMILES string of the molecule is C=C(NCCCNCCCNCCCNC(=S)NC(c1ccccc1)c1ccccc1)NC(c1ccccc1)c1ccccc1. The fourth-order valence-electron chi connectivity index (χ4n) is 5.16. The molecule has 236 valence electrons. The molecule has 45 heavy (non-hydrogen) atoms. The Morgan fingerprint density at radius 3 is 1.20 bits per heavy atom. The molecule has 4 aromatic rings. The number of hydrogen-bond donors (Lipinski definition) is 6. The minimum absolute atomic E-state index is 0.0240. The molecular weight excluding hydrogens is 573 g/mol. The van der Waals surface area contributed by atoms with Gasteiger partial charge in [0.1, 0.15) is 0 Å². The van der Waals surface area contributed by atoms with Crippen molar-refractivity contribution >= 4 is 17.3 Å². The van der Waals surface area contributed by atoms with Gasteiger partial charge in [-0.05, 0) is 79.9 Å². The summed E-state index contributed by atoms with van der Waals surface area (Å²) in [5, 5.41) is 21.6. The highest BCUT2D eigenvalue weighted by Gasteiger charge is 2.15. The van der Waals surface area contributed by atoms with E-state index >= 15 is 0 Å². The van der Waals surface area contributed by atoms with Crippen LogP contribution < -0.4 is 31.9 Å². The van der Waals surface area contributed by atoms with Crippen LogP contribution in [0.2, 0.25) is 0 Å². The summed E-state index contributed by atoms with van der Waals surface area (Å²) >= 11 is 5.62. The summed E-state index contributed by atoms with van der Waals surface area (Å²) in [6, 6.07) is 41.9. The zero-order valence-electron chi connectivity index (χ0n) is 26.2. The molecule has 0 atom stereocenters. The average Bonchev–Trinajstić information content (AvgIpc) is 3.09. The molecule has 6 nitrogen and oxygen atoms in total. The summed E-state index contributed by atoms with van der Waals surface area (Å²) in [6.07, 6.45) is 3.14. The molecule has 0 saturated heterocycles. The van der Waals surface area contributed by atoms with E-state index in [0.717, 1.165) is 64.4 Å². The van der Waals surface area contributed by atoms with E-state index in [4.69, 9.17) is 12.2 Å². The molecule has 0 unspecified atom stereocenters. The molecule has 0 aromatic heterocycles. The highest BCUT2D eigenvalue weighted by molar-refractivity contribution is 7.80. The van der Waals surface area contributed by atoms with Crippen LogP contribution in [0.4, 0.5) is 0 Å². The van der Waals surface area contributed by atoms with Crippen LogP contribution in [0.25, 0.3) is 0 Å². The van der Waals surface area contributed by atoms with Gasteiger partial charge in [0.05, 0.1) is 17.9 Å². The van der Waals surface area contributed by atoms with E-state index in [-0.39, 0.29) is 12.1 Å². The largest absolute Gasteiger partial charge is 0.372 e. The maximum atomic E-state index is 5.62. The standard InChI is InChI=1S/C38H48N6S/c1-31(43-36(32-17-6-2-7-18-32)33-19-8-3-9-20-33)41-29-15-27-39-25-14-26-40-28-16-30-42-38(45)44-37(34-21-10-4-11-22-34)35-23-12-5-13-24-35/h2-13,17-24,36-37,39-41,43H,1,14-16,25-30H2,(H2,42,44,45). The molecule has 0 aliphatic carbocycles. The third-order valence-corrected chi connectivity index (χ3v) is 7.78. The third-order valence-electron chi connectivity index (χ3n) is 7.52. The van der Waals surface area contributed by atoms with Gasteiger partial charge in [0, 0.05) is 13.1 Å². The van der Waals surface area contributed by atoms with Gasteiger partial charge in [0.2, 0.25) is 0 Å². The molecule has 7 heteroatoms. The number of benzene rings is 4.